The van der Waals surface area contributed by atoms with Crippen LogP contribution in [-0.4, -0.2) is 36.2 Å². The monoisotopic (exact) mass is 239 g/mol. The molecule has 0 heterocycles. The minimum absolute atomic E-state index is 0.232. The van der Waals surface area contributed by atoms with Crippen molar-refractivity contribution in [2.45, 2.75) is 64.3 Å². The molecule has 2 unspecified atom stereocenters. The summed E-state index contributed by atoms with van der Waals surface area (Å²) in [5, 5.41) is 9.69. The molecule has 0 amide bonds. The Morgan fingerprint density at radius 1 is 1.18 bits per heavy atom. The minimum atomic E-state index is 0.232. The molecule has 0 spiro atoms. The Balaban J connectivity index is 1.88. The van der Waals surface area contributed by atoms with Crippen molar-refractivity contribution in [1.82, 2.24) is 4.90 Å². The van der Waals surface area contributed by atoms with Crippen LogP contribution in [0.5, 0.6) is 0 Å². The highest BCUT2D eigenvalue weighted by Gasteiger charge is 2.36. The molecule has 0 saturated heterocycles. The van der Waals surface area contributed by atoms with Gasteiger partial charge in [0.25, 0.3) is 0 Å². The molecular weight excluding hydrogens is 210 g/mol. The van der Waals surface area contributed by atoms with Crippen molar-refractivity contribution in [3.8, 4) is 0 Å². The summed E-state index contributed by atoms with van der Waals surface area (Å²) in [6.45, 7) is 3.89. The Bertz CT molecular complexity index is 235. The van der Waals surface area contributed by atoms with Gasteiger partial charge in [0.15, 0.2) is 0 Å². The molecule has 2 aliphatic rings. The minimum Gasteiger partial charge on any atom is -0.396 e. The van der Waals surface area contributed by atoms with Crippen LogP contribution in [0.15, 0.2) is 0 Å². The van der Waals surface area contributed by atoms with Gasteiger partial charge in [0, 0.05) is 24.6 Å². The zero-order valence-electron chi connectivity index (χ0n) is 11.6. The van der Waals surface area contributed by atoms with Gasteiger partial charge in [0.2, 0.25) is 0 Å². The van der Waals surface area contributed by atoms with E-state index in [9.17, 15) is 5.11 Å². The number of hydrogen-bond acceptors (Lipinski definition) is 2. The Hall–Kier alpha value is -0.0800. The molecule has 2 saturated carbocycles. The third-order valence-corrected chi connectivity index (χ3v) is 5.12. The fourth-order valence-corrected chi connectivity index (χ4v) is 3.95. The van der Waals surface area contributed by atoms with Crippen molar-refractivity contribution in [2.75, 3.05) is 20.2 Å². The van der Waals surface area contributed by atoms with E-state index in [1.165, 1.54) is 51.4 Å². The Morgan fingerprint density at radius 3 is 2.47 bits per heavy atom. The second-order valence-electron chi connectivity index (χ2n) is 6.71. The largest absolute Gasteiger partial charge is 0.396 e. The third kappa shape index (κ3) is 3.23. The van der Waals surface area contributed by atoms with Gasteiger partial charge >= 0.3 is 0 Å². The Kier molecular flexibility index (Phi) is 4.48. The highest BCUT2D eigenvalue weighted by atomic mass is 16.3. The topological polar surface area (TPSA) is 23.5 Å². The lowest BCUT2D eigenvalue weighted by Gasteiger charge is -2.39. The first kappa shape index (κ1) is 13.4. The van der Waals surface area contributed by atoms with Crippen LogP contribution < -0.4 is 0 Å². The van der Waals surface area contributed by atoms with E-state index in [-0.39, 0.29) is 5.41 Å². The van der Waals surface area contributed by atoms with Crippen molar-refractivity contribution in [1.29, 1.82) is 0 Å². The van der Waals surface area contributed by atoms with Gasteiger partial charge in [-0.1, -0.05) is 32.6 Å². The van der Waals surface area contributed by atoms with E-state index in [2.05, 4.69) is 18.9 Å². The number of aliphatic hydroxyl groups excluding tert-OH is 1. The van der Waals surface area contributed by atoms with Crippen molar-refractivity contribution in [3.05, 3.63) is 0 Å². The van der Waals surface area contributed by atoms with Gasteiger partial charge in [-0.2, -0.15) is 0 Å². The molecule has 2 nitrogen and oxygen atoms in total. The molecule has 2 heteroatoms. The van der Waals surface area contributed by atoms with E-state index < -0.39 is 0 Å². The number of nitrogens with zero attached hydrogens (tertiary/aromatic N) is 1. The number of aliphatic hydroxyl groups is 1. The van der Waals surface area contributed by atoms with E-state index in [0.29, 0.717) is 6.61 Å². The summed E-state index contributed by atoms with van der Waals surface area (Å²) in [4.78, 5) is 2.55. The van der Waals surface area contributed by atoms with E-state index in [4.69, 9.17) is 0 Å². The molecule has 100 valence electrons. The highest BCUT2D eigenvalue weighted by Crippen LogP contribution is 2.39. The molecule has 0 aromatic rings. The molecule has 1 N–H and O–H groups in total. The van der Waals surface area contributed by atoms with Crippen LogP contribution in [-0.2, 0) is 0 Å². The summed E-state index contributed by atoms with van der Waals surface area (Å²) < 4.78 is 0. The summed E-state index contributed by atoms with van der Waals surface area (Å²) in [6.07, 6.45) is 10.6. The van der Waals surface area contributed by atoms with Crippen LogP contribution in [0.2, 0.25) is 0 Å². The molecule has 0 aliphatic heterocycles. The smallest absolute Gasteiger partial charge is 0.0499 e. The lowest BCUT2D eigenvalue weighted by atomic mass is 9.83. The van der Waals surface area contributed by atoms with Crippen LogP contribution >= 0.6 is 0 Å². The molecule has 17 heavy (non-hydrogen) atoms. The zero-order valence-corrected chi connectivity index (χ0v) is 11.6. The molecule has 2 aliphatic carbocycles. The van der Waals surface area contributed by atoms with Gasteiger partial charge in [-0.25, -0.2) is 0 Å². The SMILES string of the molecule is CC1CCCC(N(C)CC2(CO)CCCC2)C1. The normalized spacial score (nSPS) is 33.2. The quantitative estimate of drug-likeness (QED) is 0.815. The predicted octanol–water partition coefficient (Wildman–Crippen LogP) is 3.05. The maximum absolute atomic E-state index is 9.69. The summed E-state index contributed by atoms with van der Waals surface area (Å²) in [6, 6.07) is 0.766. The van der Waals surface area contributed by atoms with Crippen LogP contribution in [0.4, 0.5) is 0 Å². The van der Waals surface area contributed by atoms with Crippen molar-refractivity contribution < 1.29 is 5.11 Å². The third-order valence-electron chi connectivity index (χ3n) is 5.12. The second-order valence-corrected chi connectivity index (χ2v) is 6.71. The zero-order chi connectivity index (χ0) is 12.3. The lowest BCUT2D eigenvalue weighted by molar-refractivity contribution is 0.0567. The first-order valence-corrected chi connectivity index (χ1v) is 7.46. The maximum Gasteiger partial charge on any atom is 0.0499 e. The van der Waals surface area contributed by atoms with Crippen molar-refractivity contribution >= 4 is 0 Å². The van der Waals surface area contributed by atoms with E-state index in [0.717, 1.165) is 18.5 Å². The summed E-state index contributed by atoms with van der Waals surface area (Å²) in [5.74, 6) is 0.893. The first-order chi connectivity index (χ1) is 8.15. The van der Waals surface area contributed by atoms with Gasteiger partial charge in [-0.05, 0) is 38.6 Å². The fourth-order valence-electron chi connectivity index (χ4n) is 3.95. The van der Waals surface area contributed by atoms with E-state index in [1.54, 1.807) is 0 Å². The molecule has 0 radical (unpaired) electrons. The van der Waals surface area contributed by atoms with Crippen LogP contribution in [0.3, 0.4) is 0 Å². The van der Waals surface area contributed by atoms with Gasteiger partial charge in [0.05, 0.1) is 0 Å². The van der Waals surface area contributed by atoms with Gasteiger partial charge in [-0.3, -0.25) is 0 Å². The van der Waals surface area contributed by atoms with Crippen LogP contribution in [0.25, 0.3) is 0 Å². The Morgan fingerprint density at radius 2 is 1.88 bits per heavy atom. The molecule has 2 fully saturated rings. The van der Waals surface area contributed by atoms with E-state index >= 15 is 0 Å². The van der Waals surface area contributed by atoms with Gasteiger partial charge in [0.1, 0.15) is 0 Å². The standard InChI is InChI=1S/C15H29NO/c1-13-6-5-7-14(10-13)16(2)11-15(12-17)8-3-4-9-15/h13-14,17H,3-12H2,1-2H3. The summed E-state index contributed by atoms with van der Waals surface area (Å²) in [7, 11) is 2.28. The second kappa shape index (κ2) is 5.71. The molecule has 0 aromatic heterocycles. The highest BCUT2D eigenvalue weighted by molar-refractivity contribution is 4.89. The molecule has 2 atom stereocenters. The molecule has 0 aromatic carbocycles. The van der Waals surface area contributed by atoms with Crippen LogP contribution in [0.1, 0.15) is 58.3 Å². The molecular formula is C15H29NO. The summed E-state index contributed by atoms with van der Waals surface area (Å²) in [5.41, 5.74) is 0.232. The lowest BCUT2D eigenvalue weighted by Crippen LogP contribution is -2.43. The van der Waals surface area contributed by atoms with Crippen molar-refractivity contribution in [2.24, 2.45) is 11.3 Å². The average Bonchev–Trinajstić information content (AvgIpc) is 2.78. The van der Waals surface area contributed by atoms with E-state index in [1.807, 2.05) is 0 Å². The van der Waals surface area contributed by atoms with Crippen LogP contribution in [0, 0.1) is 11.3 Å². The maximum atomic E-state index is 9.69. The van der Waals surface area contributed by atoms with Gasteiger partial charge in [-0.15, -0.1) is 0 Å². The average molecular weight is 239 g/mol. The molecule has 0 bridgehead atoms. The van der Waals surface area contributed by atoms with Gasteiger partial charge < -0.3 is 10.0 Å². The predicted molar refractivity (Wildman–Crippen MR) is 72.0 cm³/mol. The summed E-state index contributed by atoms with van der Waals surface area (Å²) >= 11 is 0. The fraction of sp³-hybridized carbons (Fsp3) is 1.00. The first-order valence-electron chi connectivity index (χ1n) is 7.46. The Labute approximate surface area is 106 Å². The van der Waals surface area contributed by atoms with Crippen molar-refractivity contribution in [3.63, 3.8) is 0 Å². The number of rotatable bonds is 4. The molecule has 2 rings (SSSR count). The number of hydrogen-bond donors (Lipinski definition) is 1.